The van der Waals surface area contributed by atoms with E-state index >= 15 is 0 Å². The van der Waals surface area contributed by atoms with Crippen molar-refractivity contribution >= 4 is 23.2 Å². The highest BCUT2D eigenvalue weighted by atomic mass is 35.5. The Morgan fingerprint density at radius 2 is 1.88 bits per heavy atom. The number of aryl methyl sites for hydroxylation is 2. The largest absolute Gasteiger partial charge is 0.321 e. The van der Waals surface area contributed by atoms with Crippen molar-refractivity contribution in [1.29, 1.82) is 0 Å². The second kappa shape index (κ2) is 7.11. The first kappa shape index (κ1) is 17.2. The van der Waals surface area contributed by atoms with E-state index in [2.05, 4.69) is 22.4 Å². The molecule has 2 aromatic heterocycles. The van der Waals surface area contributed by atoms with Crippen LogP contribution in [0.1, 0.15) is 34.4 Å². The smallest absolute Gasteiger partial charge is 0.276 e. The summed E-state index contributed by atoms with van der Waals surface area (Å²) in [6.45, 7) is 6.26. The molecule has 6 nitrogen and oxygen atoms in total. The molecular formula is C18H20ClN5O. The third kappa shape index (κ3) is 3.74. The molecule has 3 rings (SSSR count). The molecule has 0 saturated heterocycles. The second-order valence-electron chi connectivity index (χ2n) is 5.87. The van der Waals surface area contributed by atoms with Gasteiger partial charge in [0.1, 0.15) is 6.67 Å². The highest BCUT2D eigenvalue weighted by Crippen LogP contribution is 2.18. The molecule has 1 N–H and O–H groups in total. The lowest BCUT2D eigenvalue weighted by Gasteiger charge is -2.05. The van der Waals surface area contributed by atoms with Gasteiger partial charge in [0.05, 0.1) is 16.4 Å². The summed E-state index contributed by atoms with van der Waals surface area (Å²) >= 11 is 6.15. The average molecular weight is 358 g/mol. The van der Waals surface area contributed by atoms with Crippen LogP contribution in [-0.4, -0.2) is 25.5 Å². The molecular weight excluding hydrogens is 338 g/mol. The van der Waals surface area contributed by atoms with Crippen molar-refractivity contribution in [2.24, 2.45) is 0 Å². The SMILES string of the molecule is CCc1ccc(NC(=O)c2ccn(Cn3nc(C)c(Cl)c3C)n2)cc1. The van der Waals surface area contributed by atoms with E-state index in [1.807, 2.05) is 38.1 Å². The Morgan fingerprint density at radius 1 is 1.16 bits per heavy atom. The number of rotatable bonds is 5. The topological polar surface area (TPSA) is 64.7 Å². The van der Waals surface area contributed by atoms with Crippen LogP contribution in [0.3, 0.4) is 0 Å². The van der Waals surface area contributed by atoms with E-state index < -0.39 is 0 Å². The van der Waals surface area contributed by atoms with E-state index in [-0.39, 0.29) is 5.91 Å². The monoisotopic (exact) mass is 357 g/mol. The molecule has 1 aromatic carbocycles. The number of anilines is 1. The van der Waals surface area contributed by atoms with Crippen LogP contribution in [-0.2, 0) is 13.1 Å². The fourth-order valence-electron chi connectivity index (χ4n) is 2.53. The molecule has 0 aliphatic rings. The van der Waals surface area contributed by atoms with E-state index in [9.17, 15) is 4.79 Å². The average Bonchev–Trinajstić information content (AvgIpc) is 3.17. The van der Waals surface area contributed by atoms with Gasteiger partial charge in [0.15, 0.2) is 5.69 Å². The van der Waals surface area contributed by atoms with Crippen molar-refractivity contribution in [2.45, 2.75) is 33.9 Å². The lowest BCUT2D eigenvalue weighted by atomic mass is 10.1. The summed E-state index contributed by atoms with van der Waals surface area (Å²) in [5, 5.41) is 12.2. The first-order valence-electron chi connectivity index (χ1n) is 8.11. The Labute approximate surface area is 151 Å². The maximum absolute atomic E-state index is 12.3. The second-order valence-corrected chi connectivity index (χ2v) is 6.25. The standard InChI is InChI=1S/C18H20ClN5O/c1-4-14-5-7-15(8-6-14)20-18(25)16-9-10-23(22-16)11-24-13(3)17(19)12(2)21-24/h5-10H,4,11H2,1-3H3,(H,20,25). The number of nitrogens with zero attached hydrogens (tertiary/aromatic N) is 4. The number of amides is 1. The molecule has 0 saturated carbocycles. The molecule has 3 aromatic rings. The number of hydrogen-bond donors (Lipinski definition) is 1. The minimum Gasteiger partial charge on any atom is -0.321 e. The molecule has 0 spiro atoms. The molecule has 0 atom stereocenters. The number of carbonyl (C=O) groups is 1. The van der Waals surface area contributed by atoms with E-state index in [1.54, 1.807) is 21.6 Å². The first-order valence-corrected chi connectivity index (χ1v) is 8.49. The van der Waals surface area contributed by atoms with Crippen molar-refractivity contribution in [3.63, 3.8) is 0 Å². The number of benzene rings is 1. The fourth-order valence-corrected chi connectivity index (χ4v) is 2.67. The van der Waals surface area contributed by atoms with Crippen molar-refractivity contribution < 1.29 is 4.79 Å². The molecule has 1 amide bonds. The Kier molecular flexibility index (Phi) is 4.90. The normalized spacial score (nSPS) is 10.9. The van der Waals surface area contributed by atoms with Gasteiger partial charge >= 0.3 is 0 Å². The molecule has 2 heterocycles. The summed E-state index contributed by atoms with van der Waals surface area (Å²) in [6.07, 6.45) is 2.72. The quantitative estimate of drug-likeness (QED) is 0.757. The zero-order valence-electron chi connectivity index (χ0n) is 14.5. The van der Waals surface area contributed by atoms with E-state index in [0.717, 1.165) is 23.5 Å². The van der Waals surface area contributed by atoms with Crippen LogP contribution < -0.4 is 5.32 Å². The molecule has 0 aliphatic carbocycles. The third-order valence-corrected chi connectivity index (χ3v) is 4.61. The predicted octanol–water partition coefficient (Wildman–Crippen LogP) is 3.67. The number of halogens is 1. The summed E-state index contributed by atoms with van der Waals surface area (Å²) in [5.74, 6) is -0.241. The predicted molar refractivity (Wildman–Crippen MR) is 98.1 cm³/mol. The molecule has 0 bridgehead atoms. The van der Waals surface area contributed by atoms with E-state index in [0.29, 0.717) is 17.4 Å². The summed E-state index contributed by atoms with van der Waals surface area (Å²) in [5.41, 5.74) is 3.98. The number of aromatic nitrogens is 4. The molecule has 0 radical (unpaired) electrons. The summed E-state index contributed by atoms with van der Waals surface area (Å²) in [7, 11) is 0. The zero-order chi connectivity index (χ0) is 18.0. The van der Waals surface area contributed by atoms with Crippen LogP contribution >= 0.6 is 11.6 Å². The minimum absolute atomic E-state index is 0.241. The van der Waals surface area contributed by atoms with E-state index in [4.69, 9.17) is 11.6 Å². The van der Waals surface area contributed by atoms with Crippen molar-refractivity contribution in [3.05, 3.63) is 64.2 Å². The van der Waals surface area contributed by atoms with Gasteiger partial charge < -0.3 is 5.32 Å². The lowest BCUT2D eigenvalue weighted by Crippen LogP contribution is -2.15. The summed E-state index contributed by atoms with van der Waals surface area (Å²) in [4.78, 5) is 12.3. The molecule has 0 aliphatic heterocycles. The fraction of sp³-hybridized carbons (Fsp3) is 0.278. The zero-order valence-corrected chi connectivity index (χ0v) is 15.2. The minimum atomic E-state index is -0.241. The molecule has 0 fully saturated rings. The highest BCUT2D eigenvalue weighted by Gasteiger charge is 2.12. The van der Waals surface area contributed by atoms with Gasteiger partial charge in [0.25, 0.3) is 5.91 Å². The lowest BCUT2D eigenvalue weighted by molar-refractivity contribution is 0.102. The Hall–Kier alpha value is -2.60. The van der Waals surface area contributed by atoms with Crippen LogP contribution in [0.5, 0.6) is 0 Å². The van der Waals surface area contributed by atoms with Gasteiger partial charge in [-0.15, -0.1) is 0 Å². The van der Waals surface area contributed by atoms with Gasteiger partial charge in [-0.2, -0.15) is 10.2 Å². The van der Waals surface area contributed by atoms with Crippen molar-refractivity contribution in [2.75, 3.05) is 5.32 Å². The van der Waals surface area contributed by atoms with Crippen LogP contribution in [0.4, 0.5) is 5.69 Å². The van der Waals surface area contributed by atoms with Crippen LogP contribution in [0, 0.1) is 13.8 Å². The molecule has 7 heteroatoms. The highest BCUT2D eigenvalue weighted by molar-refractivity contribution is 6.31. The van der Waals surface area contributed by atoms with Gasteiger partial charge in [-0.3, -0.25) is 9.48 Å². The number of carbonyl (C=O) groups excluding carboxylic acids is 1. The maximum Gasteiger partial charge on any atom is 0.276 e. The maximum atomic E-state index is 12.3. The Bertz CT molecular complexity index is 895. The number of hydrogen-bond acceptors (Lipinski definition) is 3. The van der Waals surface area contributed by atoms with Gasteiger partial charge in [-0.05, 0) is 44.0 Å². The van der Waals surface area contributed by atoms with Crippen LogP contribution in [0.25, 0.3) is 0 Å². The molecule has 130 valence electrons. The van der Waals surface area contributed by atoms with Crippen LogP contribution in [0.15, 0.2) is 36.5 Å². The third-order valence-electron chi connectivity index (χ3n) is 4.07. The van der Waals surface area contributed by atoms with Crippen molar-refractivity contribution in [1.82, 2.24) is 19.6 Å². The van der Waals surface area contributed by atoms with Gasteiger partial charge in [0.2, 0.25) is 0 Å². The number of nitrogens with one attached hydrogen (secondary N) is 1. The van der Waals surface area contributed by atoms with Gasteiger partial charge in [-0.1, -0.05) is 30.7 Å². The Morgan fingerprint density at radius 3 is 2.48 bits per heavy atom. The first-order chi connectivity index (χ1) is 12.0. The summed E-state index contributed by atoms with van der Waals surface area (Å²) < 4.78 is 3.42. The molecule has 25 heavy (non-hydrogen) atoms. The summed E-state index contributed by atoms with van der Waals surface area (Å²) in [6, 6.07) is 9.47. The van der Waals surface area contributed by atoms with Gasteiger partial charge in [0, 0.05) is 11.9 Å². The van der Waals surface area contributed by atoms with E-state index in [1.165, 1.54) is 5.56 Å². The van der Waals surface area contributed by atoms with Crippen molar-refractivity contribution in [3.8, 4) is 0 Å². The Balaban J connectivity index is 1.69. The van der Waals surface area contributed by atoms with Crippen LogP contribution in [0.2, 0.25) is 5.02 Å². The molecule has 0 unspecified atom stereocenters. The van der Waals surface area contributed by atoms with Gasteiger partial charge in [-0.25, -0.2) is 4.68 Å².